The summed E-state index contributed by atoms with van der Waals surface area (Å²) in [5.41, 5.74) is 1.91. The van der Waals surface area contributed by atoms with Crippen molar-refractivity contribution < 1.29 is 28.4 Å². The molecule has 0 radical (unpaired) electrons. The SMILES string of the molecule is COc1cc([N+](=O)[O-])ccc1NC(=O)COC(=O)CCc1nnc(-c2ccc(C)cc2)o1. The van der Waals surface area contributed by atoms with Crippen LogP contribution >= 0.6 is 0 Å². The first kappa shape index (κ1) is 22.4. The summed E-state index contributed by atoms with van der Waals surface area (Å²) in [4.78, 5) is 34.2. The average molecular weight is 440 g/mol. The van der Waals surface area contributed by atoms with Crippen LogP contribution < -0.4 is 10.1 Å². The molecule has 11 heteroatoms. The Kier molecular flexibility index (Phi) is 7.11. The van der Waals surface area contributed by atoms with Gasteiger partial charge in [-0.2, -0.15) is 0 Å². The molecule has 0 aliphatic rings. The van der Waals surface area contributed by atoms with E-state index in [2.05, 4.69) is 15.5 Å². The summed E-state index contributed by atoms with van der Waals surface area (Å²) in [6.45, 7) is 1.44. The lowest BCUT2D eigenvalue weighted by Gasteiger charge is -2.10. The van der Waals surface area contributed by atoms with Gasteiger partial charge in [-0.1, -0.05) is 17.7 Å². The molecule has 0 unspecified atom stereocenters. The van der Waals surface area contributed by atoms with Crippen LogP contribution in [0.5, 0.6) is 5.75 Å². The van der Waals surface area contributed by atoms with Gasteiger partial charge in [-0.15, -0.1) is 10.2 Å². The number of carbonyl (C=O) groups is 2. The molecular formula is C21H20N4O7. The molecule has 0 aliphatic carbocycles. The summed E-state index contributed by atoms with van der Waals surface area (Å²) >= 11 is 0. The van der Waals surface area contributed by atoms with E-state index in [1.165, 1.54) is 25.3 Å². The van der Waals surface area contributed by atoms with E-state index in [1.54, 1.807) is 0 Å². The fraction of sp³-hybridized carbons (Fsp3) is 0.238. The molecule has 1 amide bonds. The van der Waals surface area contributed by atoms with Gasteiger partial charge >= 0.3 is 5.97 Å². The van der Waals surface area contributed by atoms with Crippen molar-refractivity contribution in [2.45, 2.75) is 19.8 Å². The molecule has 0 saturated carbocycles. The maximum absolute atomic E-state index is 12.0. The van der Waals surface area contributed by atoms with Crippen LogP contribution in [-0.4, -0.2) is 40.7 Å². The van der Waals surface area contributed by atoms with Crippen molar-refractivity contribution in [3.63, 3.8) is 0 Å². The summed E-state index contributed by atoms with van der Waals surface area (Å²) in [5, 5.41) is 21.2. The summed E-state index contributed by atoms with van der Waals surface area (Å²) in [5.74, 6) is -0.502. The second-order valence-electron chi connectivity index (χ2n) is 6.72. The zero-order chi connectivity index (χ0) is 23.1. The van der Waals surface area contributed by atoms with E-state index in [1.807, 2.05) is 31.2 Å². The Morgan fingerprint density at radius 1 is 1.16 bits per heavy atom. The first-order valence-corrected chi connectivity index (χ1v) is 9.53. The van der Waals surface area contributed by atoms with E-state index >= 15 is 0 Å². The third kappa shape index (κ3) is 5.88. The molecule has 166 valence electrons. The van der Waals surface area contributed by atoms with E-state index in [0.717, 1.165) is 11.1 Å². The fourth-order valence-corrected chi connectivity index (χ4v) is 2.68. The van der Waals surface area contributed by atoms with Gasteiger partial charge < -0.3 is 19.2 Å². The second-order valence-corrected chi connectivity index (χ2v) is 6.72. The minimum absolute atomic E-state index is 0.0519. The van der Waals surface area contributed by atoms with Gasteiger partial charge in [0.15, 0.2) is 6.61 Å². The maximum Gasteiger partial charge on any atom is 0.306 e. The maximum atomic E-state index is 12.0. The minimum atomic E-state index is -0.620. The first-order chi connectivity index (χ1) is 15.4. The predicted octanol–water partition coefficient (Wildman–Crippen LogP) is 3.08. The van der Waals surface area contributed by atoms with Crippen molar-refractivity contribution >= 4 is 23.3 Å². The number of nitro groups is 1. The minimum Gasteiger partial charge on any atom is -0.494 e. The number of benzene rings is 2. The Morgan fingerprint density at radius 3 is 2.59 bits per heavy atom. The molecule has 0 atom stereocenters. The Bertz CT molecular complexity index is 1130. The number of aryl methyl sites for hydroxylation is 2. The number of hydrogen-bond acceptors (Lipinski definition) is 9. The standard InChI is InChI=1S/C21H20N4O7/c1-13-3-5-14(6-4-13)21-24-23-19(32-21)9-10-20(27)31-12-18(26)22-16-8-7-15(25(28)29)11-17(16)30-2/h3-8,11H,9-10,12H2,1-2H3,(H,22,26). The average Bonchev–Trinajstić information content (AvgIpc) is 3.26. The van der Waals surface area contributed by atoms with Crippen LogP contribution in [0.1, 0.15) is 17.9 Å². The molecule has 0 aliphatic heterocycles. The van der Waals surface area contributed by atoms with Crippen molar-refractivity contribution in [3.05, 3.63) is 64.0 Å². The number of non-ortho nitro benzene ring substituents is 1. The zero-order valence-corrected chi connectivity index (χ0v) is 17.4. The Morgan fingerprint density at radius 2 is 1.91 bits per heavy atom. The van der Waals surface area contributed by atoms with Crippen LogP contribution in [0.2, 0.25) is 0 Å². The Labute approximate surface area is 182 Å². The van der Waals surface area contributed by atoms with Gasteiger partial charge in [0.1, 0.15) is 5.75 Å². The molecule has 1 heterocycles. The molecule has 2 aromatic carbocycles. The molecule has 3 rings (SSSR count). The number of rotatable bonds is 9. The van der Waals surface area contributed by atoms with E-state index in [4.69, 9.17) is 13.9 Å². The number of aromatic nitrogens is 2. The summed E-state index contributed by atoms with van der Waals surface area (Å²) in [7, 11) is 1.32. The monoisotopic (exact) mass is 440 g/mol. The highest BCUT2D eigenvalue weighted by molar-refractivity contribution is 5.94. The highest BCUT2D eigenvalue weighted by Crippen LogP contribution is 2.28. The normalized spacial score (nSPS) is 10.4. The number of ether oxygens (including phenoxy) is 2. The molecule has 1 aromatic heterocycles. The number of carbonyl (C=O) groups excluding carboxylic acids is 2. The van der Waals surface area contributed by atoms with Crippen LogP contribution in [0, 0.1) is 17.0 Å². The van der Waals surface area contributed by atoms with Crippen LogP contribution in [0.15, 0.2) is 46.9 Å². The van der Waals surface area contributed by atoms with Crippen molar-refractivity contribution in [3.8, 4) is 17.2 Å². The van der Waals surface area contributed by atoms with Crippen molar-refractivity contribution in [1.29, 1.82) is 0 Å². The van der Waals surface area contributed by atoms with Gasteiger partial charge in [0.05, 0.1) is 30.2 Å². The summed E-state index contributed by atoms with van der Waals surface area (Å²) in [6.07, 6.45) is 0.110. The molecule has 1 N–H and O–H groups in total. The number of nitrogens with zero attached hydrogens (tertiary/aromatic N) is 3. The van der Waals surface area contributed by atoms with Gasteiger partial charge in [-0.25, -0.2) is 0 Å². The van der Waals surface area contributed by atoms with E-state index in [9.17, 15) is 19.7 Å². The van der Waals surface area contributed by atoms with Crippen LogP contribution in [-0.2, 0) is 20.7 Å². The molecular weight excluding hydrogens is 420 g/mol. The molecule has 0 spiro atoms. The van der Waals surface area contributed by atoms with E-state index in [-0.39, 0.29) is 35.9 Å². The fourth-order valence-electron chi connectivity index (χ4n) is 2.68. The third-order valence-corrected chi connectivity index (χ3v) is 4.34. The van der Waals surface area contributed by atoms with Crippen molar-refractivity contribution in [2.75, 3.05) is 19.0 Å². The molecule has 0 saturated heterocycles. The van der Waals surface area contributed by atoms with Crippen LogP contribution in [0.4, 0.5) is 11.4 Å². The number of esters is 1. The Balaban J connectivity index is 1.46. The highest BCUT2D eigenvalue weighted by Gasteiger charge is 2.15. The quantitative estimate of drug-likeness (QED) is 0.301. The number of anilines is 1. The Hall–Kier alpha value is -4.28. The summed E-state index contributed by atoms with van der Waals surface area (Å²) < 4.78 is 15.5. The summed E-state index contributed by atoms with van der Waals surface area (Å²) in [6, 6.07) is 11.3. The third-order valence-electron chi connectivity index (χ3n) is 4.34. The van der Waals surface area contributed by atoms with Gasteiger partial charge in [0.25, 0.3) is 11.6 Å². The first-order valence-electron chi connectivity index (χ1n) is 9.53. The van der Waals surface area contributed by atoms with E-state index < -0.39 is 23.4 Å². The number of methoxy groups -OCH3 is 1. The molecule has 3 aromatic rings. The number of hydrogen-bond donors (Lipinski definition) is 1. The lowest BCUT2D eigenvalue weighted by Crippen LogP contribution is -2.21. The lowest BCUT2D eigenvalue weighted by atomic mass is 10.1. The van der Waals surface area contributed by atoms with Gasteiger partial charge in [-0.05, 0) is 25.1 Å². The topological polar surface area (TPSA) is 147 Å². The second kappa shape index (κ2) is 10.2. The smallest absolute Gasteiger partial charge is 0.306 e. The van der Waals surface area contributed by atoms with Gasteiger partial charge in [-0.3, -0.25) is 19.7 Å². The zero-order valence-electron chi connectivity index (χ0n) is 17.4. The van der Waals surface area contributed by atoms with Gasteiger partial charge in [0, 0.05) is 18.1 Å². The number of nitro benzene ring substituents is 1. The predicted molar refractivity (Wildman–Crippen MR) is 112 cm³/mol. The van der Waals surface area contributed by atoms with Crippen molar-refractivity contribution in [1.82, 2.24) is 10.2 Å². The molecule has 0 fully saturated rings. The van der Waals surface area contributed by atoms with Crippen LogP contribution in [0.25, 0.3) is 11.5 Å². The van der Waals surface area contributed by atoms with Crippen LogP contribution in [0.3, 0.4) is 0 Å². The largest absolute Gasteiger partial charge is 0.494 e. The van der Waals surface area contributed by atoms with Crippen molar-refractivity contribution in [2.24, 2.45) is 0 Å². The molecule has 0 bridgehead atoms. The van der Waals surface area contributed by atoms with Gasteiger partial charge in [0.2, 0.25) is 11.8 Å². The number of amides is 1. The number of nitrogens with one attached hydrogen (secondary N) is 1. The van der Waals surface area contributed by atoms with E-state index in [0.29, 0.717) is 5.89 Å². The highest BCUT2D eigenvalue weighted by atomic mass is 16.6. The molecule has 11 nitrogen and oxygen atoms in total. The molecule has 32 heavy (non-hydrogen) atoms. The lowest BCUT2D eigenvalue weighted by molar-refractivity contribution is -0.384.